The van der Waals surface area contributed by atoms with E-state index in [1.807, 2.05) is 23.6 Å². The molecule has 7 nitrogen and oxygen atoms in total. The lowest BCUT2D eigenvalue weighted by atomic mass is 9.94. The Morgan fingerprint density at radius 2 is 1.52 bits per heavy atom. The molecular weight excluding hydrogens is 394 g/mol. The van der Waals surface area contributed by atoms with E-state index >= 15 is 0 Å². The number of methoxy groups -OCH3 is 2. The number of hydrogen-bond acceptors (Lipinski definition) is 5. The number of benzene rings is 1. The average molecular weight is 432 g/mol. The molecule has 1 aromatic rings. The summed E-state index contributed by atoms with van der Waals surface area (Å²) in [6, 6.07) is 5.21. The molecule has 0 radical (unpaired) electrons. The number of ether oxygens (including phenoxy) is 2. The van der Waals surface area contributed by atoms with Gasteiger partial charge in [-0.3, -0.25) is 14.5 Å². The van der Waals surface area contributed by atoms with Crippen molar-refractivity contribution in [3.05, 3.63) is 23.8 Å². The lowest BCUT2D eigenvalue weighted by Crippen LogP contribution is -2.58. The molecule has 2 amide bonds. The Labute approximate surface area is 186 Å². The van der Waals surface area contributed by atoms with Crippen LogP contribution in [0.2, 0.25) is 0 Å². The topological polar surface area (TPSA) is 62.3 Å². The number of hydrogen-bond donors (Lipinski definition) is 0. The Balaban J connectivity index is 1.70. The fourth-order valence-electron chi connectivity index (χ4n) is 4.97. The first-order chi connectivity index (χ1) is 15.0. The van der Waals surface area contributed by atoms with E-state index in [1.165, 1.54) is 12.8 Å². The molecule has 1 saturated carbocycles. The summed E-state index contributed by atoms with van der Waals surface area (Å²) in [5.74, 6) is 1.87. The first-order valence-corrected chi connectivity index (χ1v) is 11.6. The third-order valence-corrected chi connectivity index (χ3v) is 6.77. The molecule has 2 aliphatic rings. The van der Waals surface area contributed by atoms with E-state index in [0.29, 0.717) is 36.1 Å². The van der Waals surface area contributed by atoms with Gasteiger partial charge in [0, 0.05) is 50.9 Å². The summed E-state index contributed by atoms with van der Waals surface area (Å²) in [4.78, 5) is 32.6. The van der Waals surface area contributed by atoms with Gasteiger partial charge in [0.25, 0.3) is 5.91 Å². The van der Waals surface area contributed by atoms with E-state index in [2.05, 4.69) is 4.90 Å². The Kier molecular flexibility index (Phi) is 8.18. The van der Waals surface area contributed by atoms with E-state index in [1.54, 1.807) is 32.4 Å². The highest BCUT2D eigenvalue weighted by Crippen LogP contribution is 2.32. The molecule has 0 aromatic heterocycles. The van der Waals surface area contributed by atoms with E-state index in [9.17, 15) is 9.59 Å². The van der Waals surface area contributed by atoms with Crippen molar-refractivity contribution in [3.63, 3.8) is 0 Å². The van der Waals surface area contributed by atoms with Gasteiger partial charge in [-0.05, 0) is 44.7 Å². The summed E-state index contributed by atoms with van der Waals surface area (Å²) in [5, 5.41) is 0. The van der Waals surface area contributed by atoms with Crippen molar-refractivity contribution in [1.82, 2.24) is 14.7 Å². The van der Waals surface area contributed by atoms with Gasteiger partial charge in [-0.2, -0.15) is 0 Å². The summed E-state index contributed by atoms with van der Waals surface area (Å²) < 4.78 is 10.6. The smallest absolute Gasteiger partial charge is 0.254 e. The van der Waals surface area contributed by atoms with Crippen molar-refractivity contribution in [2.24, 2.45) is 5.92 Å². The van der Waals surface area contributed by atoms with Gasteiger partial charge >= 0.3 is 0 Å². The van der Waals surface area contributed by atoms with Gasteiger partial charge in [0.1, 0.15) is 11.5 Å². The SMILES string of the molecule is CCN(CC)C(=O)[C@H](C1CCCC1)N1CCN(C(=O)c2cc(OC)cc(OC)c2)CC1. The molecule has 0 spiro atoms. The predicted octanol–water partition coefficient (Wildman–Crippen LogP) is 2.89. The van der Waals surface area contributed by atoms with Gasteiger partial charge in [0.2, 0.25) is 5.91 Å². The van der Waals surface area contributed by atoms with E-state index in [-0.39, 0.29) is 17.9 Å². The summed E-state index contributed by atoms with van der Waals surface area (Å²) in [7, 11) is 3.16. The van der Waals surface area contributed by atoms with Gasteiger partial charge < -0.3 is 19.3 Å². The minimum Gasteiger partial charge on any atom is -0.497 e. The molecule has 172 valence electrons. The predicted molar refractivity (Wildman–Crippen MR) is 121 cm³/mol. The standard InChI is InChI=1S/C24H37N3O4/c1-5-25(6-2)24(29)22(18-9-7-8-10-18)26-11-13-27(14-12-26)23(28)19-15-20(30-3)17-21(16-19)31-4/h15-18,22H,5-14H2,1-4H3/t22-/m0/s1. The third-order valence-electron chi connectivity index (χ3n) is 6.77. The fraction of sp³-hybridized carbons (Fsp3) is 0.667. The number of carbonyl (C=O) groups is 2. The van der Waals surface area contributed by atoms with Crippen LogP contribution in [0.5, 0.6) is 11.5 Å². The molecule has 1 heterocycles. The number of likely N-dealkylation sites (N-methyl/N-ethyl adjacent to an activating group) is 1. The maximum Gasteiger partial charge on any atom is 0.254 e. The van der Waals surface area contributed by atoms with Gasteiger partial charge in [0.15, 0.2) is 0 Å². The monoisotopic (exact) mass is 431 g/mol. The molecule has 2 fully saturated rings. The lowest BCUT2D eigenvalue weighted by Gasteiger charge is -2.42. The minimum atomic E-state index is -0.0587. The third kappa shape index (κ3) is 5.32. The fourth-order valence-corrected chi connectivity index (χ4v) is 4.97. The number of amides is 2. The van der Waals surface area contributed by atoms with Gasteiger partial charge in [0.05, 0.1) is 20.3 Å². The largest absolute Gasteiger partial charge is 0.497 e. The highest BCUT2D eigenvalue weighted by molar-refractivity contribution is 5.95. The van der Waals surface area contributed by atoms with Crippen molar-refractivity contribution in [1.29, 1.82) is 0 Å². The lowest BCUT2D eigenvalue weighted by molar-refractivity contribution is -0.139. The second kappa shape index (κ2) is 10.8. The maximum atomic E-state index is 13.3. The zero-order valence-corrected chi connectivity index (χ0v) is 19.4. The molecule has 1 saturated heterocycles. The summed E-state index contributed by atoms with van der Waals surface area (Å²) in [6.07, 6.45) is 4.67. The van der Waals surface area contributed by atoms with Crippen LogP contribution in [0.25, 0.3) is 0 Å². The van der Waals surface area contributed by atoms with Gasteiger partial charge in [-0.15, -0.1) is 0 Å². The van der Waals surface area contributed by atoms with Gasteiger partial charge in [-0.1, -0.05) is 12.8 Å². The highest BCUT2D eigenvalue weighted by Gasteiger charge is 2.38. The molecule has 0 bridgehead atoms. The highest BCUT2D eigenvalue weighted by atomic mass is 16.5. The van der Waals surface area contributed by atoms with Crippen LogP contribution in [-0.4, -0.2) is 86.0 Å². The van der Waals surface area contributed by atoms with Crippen LogP contribution in [0.4, 0.5) is 0 Å². The Morgan fingerprint density at radius 1 is 0.968 bits per heavy atom. The van der Waals surface area contributed by atoms with Crippen molar-refractivity contribution < 1.29 is 19.1 Å². The molecular formula is C24H37N3O4. The molecule has 1 aromatic carbocycles. The van der Waals surface area contributed by atoms with Crippen LogP contribution in [0.3, 0.4) is 0 Å². The van der Waals surface area contributed by atoms with Crippen LogP contribution < -0.4 is 9.47 Å². The quantitative estimate of drug-likeness (QED) is 0.633. The Hall–Kier alpha value is -2.28. The summed E-state index contributed by atoms with van der Waals surface area (Å²) in [6.45, 7) is 8.27. The molecule has 0 unspecified atom stereocenters. The normalized spacial score (nSPS) is 18.6. The Morgan fingerprint density at radius 3 is 2.00 bits per heavy atom. The van der Waals surface area contributed by atoms with Crippen molar-refractivity contribution in [2.75, 3.05) is 53.5 Å². The van der Waals surface area contributed by atoms with E-state index < -0.39 is 0 Å². The molecule has 1 atom stereocenters. The average Bonchev–Trinajstić information content (AvgIpc) is 3.34. The molecule has 7 heteroatoms. The molecule has 3 rings (SSSR count). The van der Waals surface area contributed by atoms with Crippen LogP contribution >= 0.6 is 0 Å². The van der Waals surface area contributed by atoms with Crippen molar-refractivity contribution in [3.8, 4) is 11.5 Å². The number of rotatable bonds is 8. The summed E-state index contributed by atoms with van der Waals surface area (Å²) in [5.41, 5.74) is 0.566. The van der Waals surface area contributed by atoms with E-state index in [4.69, 9.17) is 9.47 Å². The number of nitrogens with zero attached hydrogens (tertiary/aromatic N) is 3. The van der Waals surface area contributed by atoms with Crippen LogP contribution in [0, 0.1) is 5.92 Å². The number of carbonyl (C=O) groups excluding carboxylic acids is 2. The van der Waals surface area contributed by atoms with Gasteiger partial charge in [-0.25, -0.2) is 0 Å². The first kappa shape index (κ1) is 23.4. The summed E-state index contributed by atoms with van der Waals surface area (Å²) >= 11 is 0. The molecule has 1 aliphatic carbocycles. The zero-order valence-electron chi connectivity index (χ0n) is 19.4. The minimum absolute atomic E-state index is 0.0238. The maximum absolute atomic E-state index is 13.3. The van der Waals surface area contributed by atoms with Crippen molar-refractivity contribution >= 4 is 11.8 Å². The second-order valence-electron chi connectivity index (χ2n) is 8.43. The van der Waals surface area contributed by atoms with Crippen LogP contribution in [-0.2, 0) is 4.79 Å². The van der Waals surface area contributed by atoms with E-state index in [0.717, 1.165) is 39.0 Å². The first-order valence-electron chi connectivity index (χ1n) is 11.6. The second-order valence-corrected chi connectivity index (χ2v) is 8.43. The van der Waals surface area contributed by atoms with Crippen molar-refractivity contribution in [2.45, 2.75) is 45.6 Å². The molecule has 1 aliphatic heterocycles. The molecule has 0 N–H and O–H groups in total. The zero-order chi connectivity index (χ0) is 22.4. The Bertz CT molecular complexity index is 729. The molecule has 31 heavy (non-hydrogen) atoms. The number of piperazine rings is 1. The van der Waals surface area contributed by atoms with Crippen LogP contribution in [0.15, 0.2) is 18.2 Å². The van der Waals surface area contributed by atoms with Crippen LogP contribution in [0.1, 0.15) is 49.9 Å².